The standard InChI is InChI=1S/C23H27FN4O5S/c1-4-27-21-20(22(29)28(5-2)23(27)30)26(3)19(25-21)9-7-15-6-8-18(17(24)14-15)33-16-10-12-34(31,32)13-11-16/h6-9,14,16H,4-5,10-13H2,1-3H3. The molecule has 0 amide bonds. The van der Waals surface area contributed by atoms with Crippen LogP contribution in [0.25, 0.3) is 23.3 Å². The Labute approximate surface area is 196 Å². The van der Waals surface area contributed by atoms with Crippen LogP contribution in [0.4, 0.5) is 4.39 Å². The van der Waals surface area contributed by atoms with Gasteiger partial charge in [0.1, 0.15) is 11.9 Å². The average Bonchev–Trinajstić information content (AvgIpc) is 3.12. The van der Waals surface area contributed by atoms with E-state index in [9.17, 15) is 22.4 Å². The summed E-state index contributed by atoms with van der Waals surface area (Å²) >= 11 is 0. The molecule has 11 heteroatoms. The molecule has 3 heterocycles. The number of rotatable bonds is 6. The lowest BCUT2D eigenvalue weighted by Gasteiger charge is -2.23. The molecule has 34 heavy (non-hydrogen) atoms. The van der Waals surface area contributed by atoms with Gasteiger partial charge in [-0.2, -0.15) is 0 Å². The number of halogens is 1. The summed E-state index contributed by atoms with van der Waals surface area (Å²) in [6.45, 7) is 4.18. The number of ether oxygens (including phenoxy) is 1. The van der Waals surface area contributed by atoms with Gasteiger partial charge in [0.2, 0.25) is 0 Å². The number of nitrogens with zero attached hydrogens (tertiary/aromatic N) is 4. The van der Waals surface area contributed by atoms with Crippen LogP contribution in [0.3, 0.4) is 0 Å². The number of aryl methyl sites for hydroxylation is 2. The third kappa shape index (κ3) is 4.44. The van der Waals surface area contributed by atoms with E-state index in [2.05, 4.69) is 4.98 Å². The fourth-order valence-electron chi connectivity index (χ4n) is 4.15. The van der Waals surface area contributed by atoms with Crippen molar-refractivity contribution >= 4 is 33.2 Å². The zero-order valence-corrected chi connectivity index (χ0v) is 20.1. The van der Waals surface area contributed by atoms with Gasteiger partial charge in [-0.25, -0.2) is 22.6 Å². The molecule has 1 aromatic carbocycles. The van der Waals surface area contributed by atoms with Crippen LogP contribution in [-0.2, 0) is 30.0 Å². The maximum Gasteiger partial charge on any atom is 0.332 e. The second kappa shape index (κ2) is 9.21. The first-order valence-corrected chi connectivity index (χ1v) is 13.0. The summed E-state index contributed by atoms with van der Waals surface area (Å²) in [7, 11) is -1.32. The minimum atomic E-state index is -3.02. The maximum atomic E-state index is 14.6. The first-order chi connectivity index (χ1) is 16.1. The third-order valence-corrected chi connectivity index (χ3v) is 7.80. The largest absolute Gasteiger partial charge is 0.487 e. The lowest BCUT2D eigenvalue weighted by molar-refractivity contribution is 0.181. The molecule has 0 bridgehead atoms. The molecular formula is C23H27FN4O5S. The lowest BCUT2D eigenvalue weighted by Crippen LogP contribution is -2.39. The van der Waals surface area contributed by atoms with Gasteiger partial charge >= 0.3 is 5.69 Å². The average molecular weight is 491 g/mol. The second-order valence-electron chi connectivity index (χ2n) is 8.27. The molecule has 1 aliphatic rings. The van der Waals surface area contributed by atoms with Gasteiger partial charge in [-0.05, 0) is 50.5 Å². The molecule has 0 unspecified atom stereocenters. The van der Waals surface area contributed by atoms with E-state index in [1.54, 1.807) is 36.8 Å². The van der Waals surface area contributed by atoms with Crippen molar-refractivity contribution in [2.45, 2.75) is 45.9 Å². The molecule has 0 atom stereocenters. The van der Waals surface area contributed by atoms with E-state index in [-0.39, 0.29) is 29.9 Å². The highest BCUT2D eigenvalue weighted by molar-refractivity contribution is 7.91. The van der Waals surface area contributed by atoms with Crippen molar-refractivity contribution in [2.24, 2.45) is 7.05 Å². The van der Waals surface area contributed by atoms with Crippen LogP contribution in [-0.4, -0.2) is 44.7 Å². The summed E-state index contributed by atoms with van der Waals surface area (Å²) in [6, 6.07) is 4.52. The van der Waals surface area contributed by atoms with Gasteiger partial charge < -0.3 is 9.30 Å². The molecule has 0 aliphatic carbocycles. The minimum Gasteiger partial charge on any atom is -0.487 e. The predicted octanol–water partition coefficient (Wildman–Crippen LogP) is 2.20. The third-order valence-electron chi connectivity index (χ3n) is 6.09. The van der Waals surface area contributed by atoms with Crippen molar-refractivity contribution in [1.29, 1.82) is 0 Å². The highest BCUT2D eigenvalue weighted by Gasteiger charge is 2.25. The Morgan fingerprint density at radius 1 is 1.12 bits per heavy atom. The quantitative estimate of drug-likeness (QED) is 0.525. The molecule has 3 aromatic rings. The summed E-state index contributed by atoms with van der Waals surface area (Å²) in [4.78, 5) is 29.9. The van der Waals surface area contributed by atoms with Gasteiger partial charge in [0.15, 0.2) is 32.6 Å². The summed E-state index contributed by atoms with van der Waals surface area (Å²) in [5, 5.41) is 0. The minimum absolute atomic E-state index is 0.0489. The van der Waals surface area contributed by atoms with E-state index in [4.69, 9.17) is 4.74 Å². The second-order valence-corrected chi connectivity index (χ2v) is 10.6. The van der Waals surface area contributed by atoms with Crippen molar-refractivity contribution in [3.63, 3.8) is 0 Å². The smallest absolute Gasteiger partial charge is 0.332 e. The van der Waals surface area contributed by atoms with Gasteiger partial charge in [-0.15, -0.1) is 0 Å². The Bertz CT molecular complexity index is 1490. The van der Waals surface area contributed by atoms with Gasteiger partial charge in [0.05, 0.1) is 11.5 Å². The van der Waals surface area contributed by atoms with Crippen molar-refractivity contribution in [3.05, 3.63) is 56.2 Å². The first kappa shape index (κ1) is 23.9. The van der Waals surface area contributed by atoms with E-state index in [0.29, 0.717) is 41.9 Å². The fourth-order valence-corrected chi connectivity index (χ4v) is 5.59. The molecule has 9 nitrogen and oxygen atoms in total. The van der Waals surface area contributed by atoms with Crippen molar-refractivity contribution in [1.82, 2.24) is 18.7 Å². The number of benzene rings is 1. The van der Waals surface area contributed by atoms with Gasteiger partial charge in [-0.3, -0.25) is 13.9 Å². The molecule has 1 saturated heterocycles. The number of fused-ring (bicyclic) bond motifs is 1. The molecule has 0 N–H and O–H groups in total. The van der Waals surface area contributed by atoms with Gasteiger partial charge in [-0.1, -0.05) is 12.1 Å². The van der Waals surface area contributed by atoms with Crippen LogP contribution in [0.5, 0.6) is 5.75 Å². The zero-order valence-electron chi connectivity index (χ0n) is 19.3. The zero-order chi connectivity index (χ0) is 24.6. The molecule has 182 valence electrons. The van der Waals surface area contributed by atoms with E-state index >= 15 is 0 Å². The Hall–Kier alpha value is -3.21. The van der Waals surface area contributed by atoms with Crippen molar-refractivity contribution in [2.75, 3.05) is 11.5 Å². The molecule has 4 rings (SSSR count). The number of imidazole rings is 1. The van der Waals surface area contributed by atoms with Crippen LogP contribution in [0.15, 0.2) is 27.8 Å². The van der Waals surface area contributed by atoms with E-state index < -0.39 is 26.9 Å². The molecule has 0 saturated carbocycles. The van der Waals surface area contributed by atoms with Crippen molar-refractivity contribution in [3.8, 4) is 5.75 Å². The summed E-state index contributed by atoms with van der Waals surface area (Å²) in [6.07, 6.45) is 3.68. The molecule has 0 spiro atoms. The Morgan fingerprint density at radius 3 is 2.41 bits per heavy atom. The fraction of sp³-hybridized carbons (Fsp3) is 0.435. The summed E-state index contributed by atoms with van der Waals surface area (Å²) in [5.74, 6) is 0.0786. The van der Waals surface area contributed by atoms with Crippen LogP contribution < -0.4 is 16.0 Å². The van der Waals surface area contributed by atoms with Crippen LogP contribution in [0.2, 0.25) is 0 Å². The number of aromatic nitrogens is 4. The van der Waals surface area contributed by atoms with E-state index in [1.807, 2.05) is 6.92 Å². The molecular weight excluding hydrogens is 463 g/mol. The summed E-state index contributed by atoms with van der Waals surface area (Å²) < 4.78 is 47.7. The number of sulfone groups is 1. The first-order valence-electron chi connectivity index (χ1n) is 11.2. The normalized spacial score (nSPS) is 16.5. The highest BCUT2D eigenvalue weighted by Crippen LogP contribution is 2.24. The predicted molar refractivity (Wildman–Crippen MR) is 128 cm³/mol. The van der Waals surface area contributed by atoms with Crippen LogP contribution in [0.1, 0.15) is 38.1 Å². The Balaban J connectivity index is 1.60. The topological polar surface area (TPSA) is 105 Å². The summed E-state index contributed by atoms with van der Waals surface area (Å²) in [5.41, 5.74) is 0.400. The molecule has 0 radical (unpaired) electrons. The molecule has 1 aliphatic heterocycles. The van der Waals surface area contributed by atoms with Crippen LogP contribution in [0, 0.1) is 5.82 Å². The lowest BCUT2D eigenvalue weighted by atomic mass is 10.1. The van der Waals surface area contributed by atoms with Crippen molar-refractivity contribution < 1.29 is 17.5 Å². The molecule has 2 aromatic heterocycles. The Kier molecular flexibility index (Phi) is 6.48. The van der Waals surface area contributed by atoms with Gasteiger partial charge in [0.25, 0.3) is 5.56 Å². The van der Waals surface area contributed by atoms with E-state index in [1.165, 1.54) is 21.3 Å². The number of hydrogen-bond donors (Lipinski definition) is 0. The van der Waals surface area contributed by atoms with Gasteiger partial charge in [0, 0.05) is 20.1 Å². The highest BCUT2D eigenvalue weighted by atomic mass is 32.2. The Morgan fingerprint density at radius 2 is 1.79 bits per heavy atom. The SMILES string of the molecule is CCn1c(=O)c2c(nc(C=Cc3ccc(OC4CCS(=O)(=O)CC4)c(F)c3)n2C)n(CC)c1=O. The molecule has 1 fully saturated rings. The van der Waals surface area contributed by atoms with E-state index in [0.717, 1.165) is 0 Å². The maximum absolute atomic E-state index is 14.6. The van der Waals surface area contributed by atoms with Crippen LogP contribution >= 0.6 is 0 Å². The monoisotopic (exact) mass is 490 g/mol. The number of hydrogen-bond acceptors (Lipinski definition) is 6.